The minimum absolute atomic E-state index is 0.101. The van der Waals surface area contributed by atoms with Crippen LogP contribution in [0.15, 0.2) is 24.3 Å². The molecule has 0 saturated carbocycles. The van der Waals surface area contributed by atoms with Crippen molar-refractivity contribution in [2.24, 2.45) is 17.6 Å². The molecule has 106 valence electrons. The van der Waals surface area contributed by atoms with E-state index in [1.54, 1.807) is 0 Å². The first-order valence-corrected chi connectivity index (χ1v) is 6.70. The summed E-state index contributed by atoms with van der Waals surface area (Å²) in [5.41, 5.74) is 6.50. The first-order valence-electron chi connectivity index (χ1n) is 6.70. The highest BCUT2D eigenvalue weighted by Crippen LogP contribution is 2.24. The summed E-state index contributed by atoms with van der Waals surface area (Å²) in [6, 6.07) is 6.89. The molecule has 1 aromatic rings. The molecular weight excluding hydrogens is 240 g/mol. The van der Waals surface area contributed by atoms with E-state index >= 15 is 0 Å². The van der Waals surface area contributed by atoms with Gasteiger partial charge in [0.25, 0.3) is 0 Å². The summed E-state index contributed by atoms with van der Waals surface area (Å²) in [5.74, 6) is 1.03. The lowest BCUT2D eigenvalue weighted by Gasteiger charge is -2.18. The van der Waals surface area contributed by atoms with Crippen molar-refractivity contribution in [2.45, 2.75) is 33.7 Å². The highest BCUT2D eigenvalue weighted by Gasteiger charge is 2.18. The molecule has 1 rings (SSSR count). The van der Waals surface area contributed by atoms with E-state index in [0.717, 1.165) is 0 Å². The number of hydrogen-bond donors (Lipinski definition) is 2. The van der Waals surface area contributed by atoms with E-state index in [-0.39, 0.29) is 11.8 Å². The lowest BCUT2D eigenvalue weighted by Crippen LogP contribution is -2.39. The van der Waals surface area contributed by atoms with E-state index in [1.165, 1.54) is 0 Å². The molecule has 0 heterocycles. The second kappa shape index (κ2) is 7.14. The monoisotopic (exact) mass is 264 g/mol. The number of nitrogens with two attached hydrogens (primary N) is 1. The van der Waals surface area contributed by atoms with Crippen LogP contribution in [0.3, 0.4) is 0 Å². The molecule has 0 aliphatic heterocycles. The van der Waals surface area contributed by atoms with Crippen LogP contribution in [0.2, 0.25) is 0 Å². The molecule has 0 aliphatic carbocycles. The minimum atomic E-state index is -0.516. The van der Waals surface area contributed by atoms with E-state index < -0.39 is 6.04 Å². The van der Waals surface area contributed by atoms with E-state index in [4.69, 9.17) is 10.5 Å². The zero-order valence-corrected chi connectivity index (χ0v) is 12.1. The maximum atomic E-state index is 12.0. The van der Waals surface area contributed by atoms with Gasteiger partial charge in [-0.05, 0) is 24.0 Å². The molecule has 1 amide bonds. The van der Waals surface area contributed by atoms with E-state index in [1.807, 2.05) is 38.1 Å². The molecule has 1 aromatic carbocycles. The molecule has 0 radical (unpaired) electrons. The number of benzene rings is 1. The second-order valence-electron chi connectivity index (χ2n) is 5.46. The fraction of sp³-hybridized carbons (Fsp3) is 0.533. The van der Waals surface area contributed by atoms with Crippen LogP contribution >= 0.6 is 0 Å². The third kappa shape index (κ3) is 4.91. The zero-order valence-electron chi connectivity index (χ0n) is 12.1. The van der Waals surface area contributed by atoms with Crippen LogP contribution in [0.5, 0.6) is 5.75 Å². The van der Waals surface area contributed by atoms with E-state index in [2.05, 4.69) is 19.2 Å². The van der Waals surface area contributed by atoms with Gasteiger partial charge in [0.2, 0.25) is 5.91 Å². The van der Waals surface area contributed by atoms with Crippen molar-refractivity contribution >= 4 is 11.6 Å². The minimum Gasteiger partial charge on any atom is -0.491 e. The van der Waals surface area contributed by atoms with Gasteiger partial charge in [-0.25, -0.2) is 0 Å². The summed E-state index contributed by atoms with van der Waals surface area (Å²) in [4.78, 5) is 12.0. The summed E-state index contributed by atoms with van der Waals surface area (Å²) >= 11 is 0. The smallest absolute Gasteiger partial charge is 0.241 e. The number of amides is 1. The molecule has 0 aliphatic rings. The predicted molar refractivity (Wildman–Crippen MR) is 78.2 cm³/mol. The third-order valence-electron chi connectivity index (χ3n) is 2.74. The Morgan fingerprint density at radius 2 is 1.89 bits per heavy atom. The Kier molecular flexibility index (Phi) is 5.83. The summed E-state index contributed by atoms with van der Waals surface area (Å²) in [5, 5.41) is 2.83. The fourth-order valence-electron chi connectivity index (χ4n) is 1.47. The molecule has 0 unspecified atom stereocenters. The quantitative estimate of drug-likeness (QED) is 0.830. The summed E-state index contributed by atoms with van der Waals surface area (Å²) in [6.45, 7) is 8.62. The van der Waals surface area contributed by atoms with Crippen molar-refractivity contribution < 1.29 is 9.53 Å². The van der Waals surface area contributed by atoms with Crippen LogP contribution in [0.1, 0.15) is 27.7 Å². The number of carbonyl (C=O) groups excluding carboxylic acids is 1. The van der Waals surface area contributed by atoms with Crippen molar-refractivity contribution in [1.29, 1.82) is 0 Å². The molecule has 0 bridgehead atoms. The number of hydrogen-bond acceptors (Lipinski definition) is 3. The maximum absolute atomic E-state index is 12.0. The van der Waals surface area contributed by atoms with Gasteiger partial charge in [-0.3, -0.25) is 4.79 Å². The zero-order chi connectivity index (χ0) is 14.4. The average molecular weight is 264 g/mol. The van der Waals surface area contributed by atoms with Crippen LogP contribution in [0.4, 0.5) is 5.69 Å². The molecule has 0 aromatic heterocycles. The third-order valence-corrected chi connectivity index (χ3v) is 2.74. The van der Waals surface area contributed by atoms with Gasteiger partial charge in [0, 0.05) is 0 Å². The highest BCUT2D eigenvalue weighted by atomic mass is 16.5. The lowest BCUT2D eigenvalue weighted by molar-refractivity contribution is -0.118. The highest BCUT2D eigenvalue weighted by molar-refractivity contribution is 5.96. The Balaban J connectivity index is 2.75. The number of rotatable bonds is 6. The Labute approximate surface area is 115 Å². The van der Waals surface area contributed by atoms with Crippen LogP contribution in [0, 0.1) is 11.8 Å². The number of ether oxygens (including phenoxy) is 1. The van der Waals surface area contributed by atoms with Gasteiger partial charge < -0.3 is 15.8 Å². The van der Waals surface area contributed by atoms with Gasteiger partial charge in [0.15, 0.2) is 0 Å². The van der Waals surface area contributed by atoms with Gasteiger partial charge in [-0.15, -0.1) is 0 Å². The molecule has 0 spiro atoms. The van der Waals surface area contributed by atoms with Gasteiger partial charge in [0.1, 0.15) is 5.75 Å². The van der Waals surface area contributed by atoms with Crippen LogP contribution in [-0.4, -0.2) is 18.6 Å². The summed E-state index contributed by atoms with van der Waals surface area (Å²) in [6.07, 6.45) is 0. The standard InChI is InChI=1S/C15H24N2O2/c1-10(2)9-19-13-8-6-5-7-12(13)17-15(18)14(16)11(3)4/h5-8,10-11,14H,9,16H2,1-4H3,(H,17,18)/t14-/m1/s1. The number of carbonyl (C=O) groups is 1. The van der Waals surface area contributed by atoms with E-state index in [9.17, 15) is 4.79 Å². The van der Waals surface area contributed by atoms with Gasteiger partial charge in [0.05, 0.1) is 18.3 Å². The van der Waals surface area contributed by atoms with Crippen molar-refractivity contribution in [1.82, 2.24) is 0 Å². The van der Waals surface area contributed by atoms with E-state index in [0.29, 0.717) is 24.0 Å². The molecule has 4 nitrogen and oxygen atoms in total. The topological polar surface area (TPSA) is 64.3 Å². The SMILES string of the molecule is CC(C)COc1ccccc1NC(=O)[C@H](N)C(C)C. The molecule has 0 saturated heterocycles. The van der Waals surface area contributed by atoms with Crippen molar-refractivity contribution in [3.63, 3.8) is 0 Å². The largest absolute Gasteiger partial charge is 0.491 e. The second-order valence-corrected chi connectivity index (χ2v) is 5.46. The molecule has 19 heavy (non-hydrogen) atoms. The van der Waals surface area contributed by atoms with Crippen LogP contribution < -0.4 is 15.8 Å². The molecular formula is C15H24N2O2. The van der Waals surface area contributed by atoms with Crippen LogP contribution in [0.25, 0.3) is 0 Å². The van der Waals surface area contributed by atoms with Crippen molar-refractivity contribution in [3.8, 4) is 5.75 Å². The Morgan fingerprint density at radius 3 is 2.47 bits per heavy atom. The number of nitrogens with one attached hydrogen (secondary N) is 1. The Bertz CT molecular complexity index is 416. The Hall–Kier alpha value is -1.55. The lowest BCUT2D eigenvalue weighted by atomic mass is 10.0. The van der Waals surface area contributed by atoms with Gasteiger partial charge in [-0.2, -0.15) is 0 Å². The van der Waals surface area contributed by atoms with Gasteiger partial charge in [-0.1, -0.05) is 39.8 Å². The van der Waals surface area contributed by atoms with Crippen LogP contribution in [-0.2, 0) is 4.79 Å². The number of para-hydroxylation sites is 2. The average Bonchev–Trinajstić information content (AvgIpc) is 2.36. The first-order chi connectivity index (χ1) is 8.91. The van der Waals surface area contributed by atoms with Crippen molar-refractivity contribution in [2.75, 3.05) is 11.9 Å². The predicted octanol–water partition coefficient (Wildman–Crippen LogP) is 2.64. The van der Waals surface area contributed by atoms with Gasteiger partial charge >= 0.3 is 0 Å². The summed E-state index contributed by atoms with van der Waals surface area (Å²) < 4.78 is 5.68. The fourth-order valence-corrected chi connectivity index (χ4v) is 1.47. The first kappa shape index (κ1) is 15.5. The normalized spacial score (nSPS) is 12.6. The molecule has 1 atom stereocenters. The molecule has 3 N–H and O–H groups in total. The molecule has 0 fully saturated rings. The summed E-state index contributed by atoms with van der Waals surface area (Å²) in [7, 11) is 0. The number of anilines is 1. The maximum Gasteiger partial charge on any atom is 0.241 e. The molecule has 4 heteroatoms. The Morgan fingerprint density at radius 1 is 1.26 bits per heavy atom. The van der Waals surface area contributed by atoms with Crippen molar-refractivity contribution in [3.05, 3.63) is 24.3 Å².